The van der Waals surface area contributed by atoms with Crippen LogP contribution in [0.25, 0.3) is 11.0 Å². The number of carbonyl (C=O) groups excluding carboxylic acids is 3. The molecule has 0 radical (unpaired) electrons. The number of rotatable bonds is 11. The van der Waals surface area contributed by atoms with Crippen LogP contribution in [0.3, 0.4) is 0 Å². The molecule has 3 heterocycles. The van der Waals surface area contributed by atoms with E-state index in [-0.39, 0.29) is 36.4 Å². The van der Waals surface area contributed by atoms with Crippen LogP contribution in [0.1, 0.15) is 48.9 Å². The van der Waals surface area contributed by atoms with Gasteiger partial charge in [0.05, 0.1) is 23.0 Å². The van der Waals surface area contributed by atoms with Gasteiger partial charge in [0.25, 0.3) is 0 Å². The van der Waals surface area contributed by atoms with Crippen molar-refractivity contribution in [2.24, 2.45) is 5.73 Å². The summed E-state index contributed by atoms with van der Waals surface area (Å²) in [7, 11) is 0. The highest BCUT2D eigenvalue weighted by molar-refractivity contribution is 5.99. The van der Waals surface area contributed by atoms with E-state index in [4.69, 9.17) is 10.5 Å². The number of aromatic amines is 1. The molecule has 2 aliphatic rings. The maximum atomic E-state index is 15.0. The molecule has 1 aliphatic carbocycles. The van der Waals surface area contributed by atoms with Crippen LogP contribution >= 0.6 is 0 Å². The number of H-pyrrole nitrogens is 1. The molecule has 4 aromatic rings. The van der Waals surface area contributed by atoms with Crippen molar-refractivity contribution in [3.05, 3.63) is 89.6 Å². The molecule has 2 aromatic carbocycles. The summed E-state index contributed by atoms with van der Waals surface area (Å²) in [4.78, 5) is 48.3. The van der Waals surface area contributed by atoms with Crippen LogP contribution in [-0.2, 0) is 32.6 Å². The van der Waals surface area contributed by atoms with E-state index in [1.54, 1.807) is 12.1 Å². The van der Waals surface area contributed by atoms with E-state index < -0.39 is 73.6 Å². The van der Waals surface area contributed by atoms with Gasteiger partial charge in [-0.05, 0) is 54.3 Å². The van der Waals surface area contributed by atoms with Crippen LogP contribution in [0.5, 0.6) is 5.75 Å². The molecule has 1 aliphatic heterocycles. The van der Waals surface area contributed by atoms with Crippen molar-refractivity contribution >= 4 is 34.8 Å². The number of nitrogens with two attached hydrogens (primary N) is 1. The summed E-state index contributed by atoms with van der Waals surface area (Å²) >= 11 is 0. The summed E-state index contributed by atoms with van der Waals surface area (Å²) in [5.41, 5.74) is 6.80. The third-order valence-corrected chi connectivity index (χ3v) is 9.51. The van der Waals surface area contributed by atoms with Crippen LogP contribution in [0.4, 0.5) is 32.6 Å². The van der Waals surface area contributed by atoms with E-state index in [2.05, 4.69) is 20.0 Å². The molecule has 51 heavy (non-hydrogen) atoms. The molecule has 10 nitrogen and oxygen atoms in total. The van der Waals surface area contributed by atoms with E-state index in [1.807, 2.05) is 30.3 Å². The van der Waals surface area contributed by atoms with Crippen molar-refractivity contribution in [3.63, 3.8) is 0 Å². The second-order valence-corrected chi connectivity index (χ2v) is 13.0. The van der Waals surface area contributed by atoms with E-state index in [9.17, 15) is 36.3 Å². The van der Waals surface area contributed by atoms with E-state index >= 15 is 0 Å². The number of halogens is 5. The summed E-state index contributed by atoms with van der Waals surface area (Å²) in [6.07, 6.45) is -4.46. The first kappa shape index (κ1) is 35.6. The molecule has 270 valence electrons. The van der Waals surface area contributed by atoms with Crippen LogP contribution in [0.15, 0.2) is 72.8 Å². The molecule has 2 fully saturated rings. The smallest absolute Gasteiger partial charge is 0.404 e. The Labute approximate surface area is 289 Å². The Morgan fingerprint density at radius 2 is 1.69 bits per heavy atom. The molecule has 0 bridgehead atoms. The number of primary amides is 1. The topological polar surface area (TPSA) is 140 Å². The van der Waals surface area contributed by atoms with Crippen LogP contribution in [0, 0.1) is 0 Å². The maximum Gasteiger partial charge on any atom is 0.404 e. The zero-order chi connectivity index (χ0) is 36.3. The molecule has 15 heteroatoms. The number of hydrogen-bond donors (Lipinski definition) is 3. The number of alkyl halides is 5. The number of ether oxygens (including phenoxy) is 2. The zero-order valence-electron chi connectivity index (χ0n) is 27.3. The predicted octanol–water partition coefficient (Wildman–Crippen LogP) is 6.44. The Hall–Kier alpha value is -5.21. The number of likely N-dealkylation sites (tertiary alicyclic amines) is 1. The van der Waals surface area contributed by atoms with Gasteiger partial charge in [-0.1, -0.05) is 42.5 Å². The van der Waals surface area contributed by atoms with E-state index in [1.165, 1.54) is 30.3 Å². The SMILES string of the molecule is NC(=O)OC(Cc1ccccc1)Cc1cc2nc(NC(=O)[C@H]3C[C@@H](F)CN3C(=O)C3(c4ccc(OC(F)F)cc4)CCC(F)(F)CC3)ccc2[nH]1. The summed E-state index contributed by atoms with van der Waals surface area (Å²) in [5, 5.41) is 2.67. The van der Waals surface area contributed by atoms with Gasteiger partial charge in [0, 0.05) is 37.8 Å². The standard InChI is InChI=1S/C36H36F5N5O5/c37-23-17-29(46(20-23)32(48)35(12-14-36(40,41)15-13-35)22-6-8-25(9-7-22)50-33(38)39)31(47)45-30-11-10-27-28(44-30)19-24(43-27)18-26(51-34(42)49)16-21-4-2-1-3-5-21/h1-11,19,23,26,29,33,43H,12-18,20H2,(H2,42,49)(H,44,45,47)/t23-,26?,29-/m1/s1. The number of nitrogens with one attached hydrogen (secondary N) is 2. The summed E-state index contributed by atoms with van der Waals surface area (Å²) in [5.74, 6) is -4.47. The van der Waals surface area contributed by atoms with Crippen LogP contribution in [0.2, 0.25) is 0 Å². The monoisotopic (exact) mass is 713 g/mol. The highest BCUT2D eigenvalue weighted by atomic mass is 19.3. The second kappa shape index (κ2) is 14.6. The molecule has 6 rings (SSSR count). The highest BCUT2D eigenvalue weighted by Gasteiger charge is 2.53. The van der Waals surface area contributed by atoms with Crippen molar-refractivity contribution in [1.82, 2.24) is 14.9 Å². The van der Waals surface area contributed by atoms with Crippen molar-refractivity contribution in [2.75, 3.05) is 11.9 Å². The minimum Gasteiger partial charge on any atom is -0.446 e. The number of benzene rings is 2. The third kappa shape index (κ3) is 8.24. The lowest BCUT2D eigenvalue weighted by molar-refractivity contribution is -0.146. The number of aromatic nitrogens is 2. The number of fused-ring (bicyclic) bond motifs is 1. The van der Waals surface area contributed by atoms with Crippen molar-refractivity contribution in [3.8, 4) is 5.75 Å². The maximum absolute atomic E-state index is 15.0. The summed E-state index contributed by atoms with van der Waals surface area (Å²) in [6.45, 7) is -3.51. The highest BCUT2D eigenvalue weighted by Crippen LogP contribution is 2.48. The van der Waals surface area contributed by atoms with Gasteiger partial charge in [0.2, 0.25) is 17.7 Å². The van der Waals surface area contributed by atoms with Crippen molar-refractivity contribution in [1.29, 1.82) is 0 Å². The van der Waals surface area contributed by atoms with Gasteiger partial charge in [-0.25, -0.2) is 22.9 Å². The number of pyridine rings is 1. The fourth-order valence-electron chi connectivity index (χ4n) is 7.05. The predicted molar refractivity (Wildman–Crippen MR) is 176 cm³/mol. The van der Waals surface area contributed by atoms with Gasteiger partial charge in [-0.15, -0.1) is 0 Å². The number of carbonyl (C=O) groups is 3. The molecule has 0 spiro atoms. The Morgan fingerprint density at radius 1 is 0.980 bits per heavy atom. The average molecular weight is 714 g/mol. The number of hydrogen-bond acceptors (Lipinski definition) is 6. The molecule has 1 saturated carbocycles. The summed E-state index contributed by atoms with van der Waals surface area (Å²) in [6, 6.07) is 18.3. The first-order valence-corrected chi connectivity index (χ1v) is 16.5. The number of anilines is 1. The summed E-state index contributed by atoms with van der Waals surface area (Å²) < 4.78 is 78.9. The van der Waals surface area contributed by atoms with Gasteiger partial charge >= 0.3 is 12.7 Å². The molecule has 4 N–H and O–H groups in total. The molecule has 1 unspecified atom stereocenters. The first-order valence-electron chi connectivity index (χ1n) is 16.5. The van der Waals surface area contributed by atoms with Crippen LogP contribution < -0.4 is 15.8 Å². The Balaban J connectivity index is 1.19. The van der Waals surface area contributed by atoms with Gasteiger partial charge in [-0.3, -0.25) is 9.59 Å². The quantitative estimate of drug-likeness (QED) is 0.153. The average Bonchev–Trinajstić information content (AvgIpc) is 3.67. The van der Waals surface area contributed by atoms with E-state index in [0.29, 0.717) is 29.6 Å². The van der Waals surface area contributed by atoms with Crippen molar-refractivity contribution in [2.45, 2.75) is 81.2 Å². The van der Waals surface area contributed by atoms with Gasteiger partial charge in [-0.2, -0.15) is 8.78 Å². The molecular formula is C36H36F5N5O5. The molecule has 3 amide bonds. The van der Waals surface area contributed by atoms with E-state index in [0.717, 1.165) is 10.5 Å². The van der Waals surface area contributed by atoms with Crippen LogP contribution in [-0.4, -0.2) is 70.2 Å². The minimum absolute atomic E-state index is 0.128. The third-order valence-electron chi connectivity index (χ3n) is 9.51. The lowest BCUT2D eigenvalue weighted by Crippen LogP contribution is -2.54. The fraction of sp³-hybridized carbons (Fsp3) is 0.389. The number of nitrogens with zero attached hydrogens (tertiary/aromatic N) is 2. The normalized spacial score (nSPS) is 20.2. The Kier molecular flexibility index (Phi) is 10.2. The lowest BCUT2D eigenvalue weighted by atomic mass is 9.67. The molecule has 1 saturated heterocycles. The Morgan fingerprint density at radius 3 is 2.35 bits per heavy atom. The van der Waals surface area contributed by atoms with Gasteiger partial charge in [0.15, 0.2) is 0 Å². The molecule has 2 aromatic heterocycles. The largest absolute Gasteiger partial charge is 0.446 e. The molecular weight excluding hydrogens is 677 g/mol. The minimum atomic E-state index is -3.08. The second-order valence-electron chi connectivity index (χ2n) is 13.0. The zero-order valence-corrected chi connectivity index (χ0v) is 27.3. The number of amides is 3. The van der Waals surface area contributed by atoms with Gasteiger partial charge < -0.3 is 30.4 Å². The van der Waals surface area contributed by atoms with Gasteiger partial charge in [0.1, 0.15) is 29.9 Å². The Bertz CT molecular complexity index is 1860. The lowest BCUT2D eigenvalue weighted by Gasteiger charge is -2.42. The van der Waals surface area contributed by atoms with Crippen molar-refractivity contribution < 1.29 is 45.8 Å². The molecule has 3 atom stereocenters. The fourth-order valence-corrected chi connectivity index (χ4v) is 7.05. The first-order chi connectivity index (χ1) is 24.3.